The Kier molecular flexibility index (Phi) is 8.15. The van der Waals surface area contributed by atoms with Crippen molar-refractivity contribution in [2.24, 2.45) is 5.41 Å². The number of hydrogen-bond donors (Lipinski definition) is 3. The summed E-state index contributed by atoms with van der Waals surface area (Å²) < 4.78 is 32.6. The average Bonchev–Trinajstić information content (AvgIpc) is 3.35. The Balaban J connectivity index is 1.56. The second-order valence-electron chi connectivity index (χ2n) is 10.7. The molecule has 0 aliphatic heterocycles. The molecule has 1 amide bonds. The molecule has 0 aliphatic carbocycles. The third-order valence-corrected chi connectivity index (χ3v) is 7.66. The molecule has 0 fully saturated rings. The normalized spacial score (nSPS) is 12.5. The van der Waals surface area contributed by atoms with Crippen molar-refractivity contribution in [3.8, 4) is 11.4 Å². The van der Waals surface area contributed by atoms with Crippen LogP contribution in [0.1, 0.15) is 42.3 Å². The summed E-state index contributed by atoms with van der Waals surface area (Å²) in [5.41, 5.74) is 7.91. The zero-order valence-corrected chi connectivity index (χ0v) is 23.8. The van der Waals surface area contributed by atoms with Crippen molar-refractivity contribution in [2.45, 2.75) is 45.2 Å². The molecule has 0 saturated heterocycles. The molecule has 3 aromatic carbocycles. The Morgan fingerprint density at radius 3 is 2.17 bits per heavy atom. The highest BCUT2D eigenvalue weighted by Crippen LogP contribution is 2.29. The molecule has 1 atom stereocenters. The number of aryl methyl sites for hydroxylation is 1. The first-order chi connectivity index (χ1) is 19.2. The standard InChI is InChI=1S/C29H31N5O6S/c1-18-5-15-23(16-6-18)41(38,39)33-28-31-25(32-40-28)20-9-7-19(8-10-20)17-34(24(27(36)37)29(2,3)4)26(35)21-11-13-22(30)14-12-21/h5-16,24H,17,30H2,1-4H3,(H,36,37)(H,31,32,33). The van der Waals surface area contributed by atoms with E-state index >= 15 is 0 Å². The molecule has 0 aliphatic rings. The summed E-state index contributed by atoms with van der Waals surface area (Å²) in [4.78, 5) is 31.4. The van der Waals surface area contributed by atoms with Crippen molar-refractivity contribution in [2.75, 3.05) is 10.5 Å². The summed E-state index contributed by atoms with van der Waals surface area (Å²) in [5.74, 6) is -1.42. The zero-order chi connectivity index (χ0) is 29.9. The molecule has 0 bridgehead atoms. The Bertz CT molecular complexity index is 1640. The van der Waals surface area contributed by atoms with E-state index in [1.54, 1.807) is 81.4 Å². The first-order valence-electron chi connectivity index (χ1n) is 12.7. The molecule has 0 radical (unpaired) electrons. The Hall–Kier alpha value is -4.71. The predicted octanol–water partition coefficient (Wildman–Crippen LogP) is 4.57. The van der Waals surface area contributed by atoms with Gasteiger partial charge in [-0.05, 0) is 54.3 Å². The van der Waals surface area contributed by atoms with Crippen molar-refractivity contribution in [3.05, 3.63) is 89.5 Å². The first-order valence-corrected chi connectivity index (χ1v) is 14.1. The number of aliphatic carboxylic acids is 1. The smallest absolute Gasteiger partial charge is 0.335 e. The molecule has 4 N–H and O–H groups in total. The third-order valence-electron chi connectivity index (χ3n) is 6.33. The van der Waals surface area contributed by atoms with E-state index in [1.807, 2.05) is 6.92 Å². The summed E-state index contributed by atoms with van der Waals surface area (Å²) >= 11 is 0. The lowest BCUT2D eigenvalue weighted by Gasteiger charge is -2.37. The van der Waals surface area contributed by atoms with Gasteiger partial charge in [0.15, 0.2) is 0 Å². The van der Waals surface area contributed by atoms with E-state index in [4.69, 9.17) is 10.3 Å². The van der Waals surface area contributed by atoms with Gasteiger partial charge < -0.3 is 20.3 Å². The second kappa shape index (κ2) is 11.4. The SMILES string of the molecule is Cc1ccc(S(=O)(=O)Nc2nc(-c3ccc(CN(C(=O)c4ccc(N)cc4)C(C(=O)O)C(C)(C)C)cc3)no2)cc1. The molecule has 12 heteroatoms. The van der Waals surface area contributed by atoms with Crippen LogP contribution in [-0.4, -0.2) is 46.5 Å². The van der Waals surface area contributed by atoms with Gasteiger partial charge in [0, 0.05) is 23.4 Å². The number of aromatic nitrogens is 2. The summed E-state index contributed by atoms with van der Waals surface area (Å²) in [5, 5.41) is 13.9. The molecule has 0 saturated carbocycles. The Morgan fingerprint density at radius 2 is 1.61 bits per heavy atom. The maximum atomic E-state index is 13.5. The van der Waals surface area contributed by atoms with E-state index < -0.39 is 33.4 Å². The number of carbonyl (C=O) groups excluding carboxylic acids is 1. The number of hydrogen-bond acceptors (Lipinski definition) is 8. The van der Waals surface area contributed by atoms with Crippen LogP contribution in [-0.2, 0) is 21.4 Å². The van der Waals surface area contributed by atoms with Gasteiger partial charge in [-0.1, -0.05) is 67.9 Å². The van der Waals surface area contributed by atoms with E-state index in [9.17, 15) is 23.1 Å². The van der Waals surface area contributed by atoms with E-state index in [0.717, 1.165) is 5.56 Å². The van der Waals surface area contributed by atoms with Gasteiger partial charge in [0.1, 0.15) is 6.04 Å². The maximum Gasteiger partial charge on any atom is 0.335 e. The fraction of sp³-hybridized carbons (Fsp3) is 0.241. The number of sulfonamides is 1. The average molecular weight is 578 g/mol. The molecule has 11 nitrogen and oxygen atoms in total. The quantitative estimate of drug-likeness (QED) is 0.241. The van der Waals surface area contributed by atoms with E-state index in [2.05, 4.69) is 14.9 Å². The Labute approximate surface area is 238 Å². The van der Waals surface area contributed by atoms with Crippen molar-refractivity contribution >= 4 is 33.6 Å². The minimum absolute atomic E-state index is 0.0194. The van der Waals surface area contributed by atoms with Gasteiger partial charge in [-0.15, -0.1) is 0 Å². The summed E-state index contributed by atoms with van der Waals surface area (Å²) in [6, 6.07) is 18.0. The lowest BCUT2D eigenvalue weighted by Crippen LogP contribution is -2.51. The van der Waals surface area contributed by atoms with E-state index in [1.165, 1.54) is 17.0 Å². The van der Waals surface area contributed by atoms with E-state index in [0.29, 0.717) is 22.4 Å². The number of benzene rings is 3. The van der Waals surface area contributed by atoms with Crippen LogP contribution in [0.15, 0.2) is 82.2 Å². The van der Waals surface area contributed by atoms with Gasteiger partial charge in [-0.3, -0.25) is 4.79 Å². The van der Waals surface area contributed by atoms with Gasteiger partial charge >= 0.3 is 12.0 Å². The van der Waals surface area contributed by atoms with Crippen molar-refractivity contribution < 1.29 is 27.6 Å². The number of carbonyl (C=O) groups is 2. The molecular weight excluding hydrogens is 546 g/mol. The zero-order valence-electron chi connectivity index (χ0n) is 23.0. The molecular formula is C29H31N5O6S. The predicted molar refractivity (Wildman–Crippen MR) is 153 cm³/mol. The molecule has 1 aromatic heterocycles. The minimum Gasteiger partial charge on any atom is -0.480 e. The minimum atomic E-state index is -3.92. The van der Waals surface area contributed by atoms with Crippen LogP contribution in [0.4, 0.5) is 11.7 Å². The van der Waals surface area contributed by atoms with Crippen LogP contribution in [0, 0.1) is 12.3 Å². The lowest BCUT2D eigenvalue weighted by molar-refractivity contribution is -0.146. The Morgan fingerprint density at radius 1 is 1.00 bits per heavy atom. The van der Waals surface area contributed by atoms with Gasteiger partial charge in [0.2, 0.25) is 5.82 Å². The molecule has 4 rings (SSSR count). The van der Waals surface area contributed by atoms with Crippen LogP contribution in [0.2, 0.25) is 0 Å². The van der Waals surface area contributed by atoms with Gasteiger partial charge in [0.05, 0.1) is 4.90 Å². The number of nitrogens with zero attached hydrogens (tertiary/aromatic N) is 3. The van der Waals surface area contributed by atoms with Crippen LogP contribution >= 0.6 is 0 Å². The van der Waals surface area contributed by atoms with Gasteiger partial charge in [0.25, 0.3) is 15.9 Å². The summed E-state index contributed by atoms with van der Waals surface area (Å²) in [7, 11) is -3.92. The number of carboxylic acid groups (broad SMARTS) is 1. The molecule has 1 heterocycles. The van der Waals surface area contributed by atoms with Crippen molar-refractivity contribution in [3.63, 3.8) is 0 Å². The fourth-order valence-electron chi connectivity index (χ4n) is 4.27. The van der Waals surface area contributed by atoms with Crippen LogP contribution in [0.3, 0.4) is 0 Å². The molecule has 214 valence electrons. The highest BCUT2D eigenvalue weighted by molar-refractivity contribution is 7.92. The molecule has 4 aromatic rings. The van der Waals surface area contributed by atoms with E-state index in [-0.39, 0.29) is 23.3 Å². The maximum absolute atomic E-state index is 13.5. The van der Waals surface area contributed by atoms with Crippen LogP contribution in [0.5, 0.6) is 0 Å². The number of carboxylic acids is 1. The fourth-order valence-corrected chi connectivity index (χ4v) is 5.20. The van der Waals surface area contributed by atoms with Gasteiger partial charge in [-0.2, -0.15) is 4.98 Å². The van der Waals surface area contributed by atoms with Crippen molar-refractivity contribution in [1.29, 1.82) is 0 Å². The highest BCUT2D eigenvalue weighted by atomic mass is 32.2. The number of nitrogens with one attached hydrogen (secondary N) is 1. The highest BCUT2D eigenvalue weighted by Gasteiger charge is 2.39. The number of rotatable bonds is 9. The number of nitrogens with two attached hydrogens (primary N) is 1. The van der Waals surface area contributed by atoms with Gasteiger partial charge in [-0.25, -0.2) is 17.9 Å². The van der Waals surface area contributed by atoms with Crippen molar-refractivity contribution in [1.82, 2.24) is 15.0 Å². The third kappa shape index (κ3) is 6.90. The molecule has 0 spiro atoms. The number of nitrogen functional groups attached to an aromatic ring is 1. The summed E-state index contributed by atoms with van der Waals surface area (Å²) in [6.45, 7) is 7.16. The lowest BCUT2D eigenvalue weighted by atomic mass is 9.85. The number of amides is 1. The van der Waals surface area contributed by atoms with Crippen LogP contribution < -0.4 is 10.5 Å². The van der Waals surface area contributed by atoms with Crippen LogP contribution in [0.25, 0.3) is 11.4 Å². The topological polar surface area (TPSA) is 169 Å². The largest absolute Gasteiger partial charge is 0.480 e. The molecule has 1 unspecified atom stereocenters. The first kappa shape index (κ1) is 29.3. The summed E-state index contributed by atoms with van der Waals surface area (Å²) in [6.07, 6.45) is 0. The monoisotopic (exact) mass is 577 g/mol. The number of anilines is 2. The molecule has 41 heavy (non-hydrogen) atoms. The second-order valence-corrected chi connectivity index (χ2v) is 12.4.